The summed E-state index contributed by atoms with van der Waals surface area (Å²) in [6.45, 7) is 0.335. The van der Waals surface area contributed by atoms with Crippen molar-refractivity contribution in [3.05, 3.63) is 89.6 Å². The minimum Gasteiger partial charge on any atom is -0.481 e. The van der Waals surface area contributed by atoms with Crippen molar-refractivity contribution in [2.45, 2.75) is 24.2 Å². The Kier molecular flexibility index (Phi) is 6.46. The lowest BCUT2D eigenvalue weighted by Crippen LogP contribution is -2.34. The zero-order valence-corrected chi connectivity index (χ0v) is 18.6. The van der Waals surface area contributed by atoms with E-state index in [1.54, 1.807) is 36.4 Å². The van der Waals surface area contributed by atoms with E-state index >= 15 is 0 Å². The van der Waals surface area contributed by atoms with Crippen molar-refractivity contribution in [3.63, 3.8) is 0 Å². The van der Waals surface area contributed by atoms with E-state index in [2.05, 4.69) is 10.0 Å². The average molecular weight is 465 g/mol. The summed E-state index contributed by atoms with van der Waals surface area (Å²) >= 11 is 0. The average Bonchev–Trinajstić information content (AvgIpc) is 3.00. The van der Waals surface area contributed by atoms with Crippen LogP contribution in [0.2, 0.25) is 0 Å². The van der Waals surface area contributed by atoms with Crippen LogP contribution in [0.15, 0.2) is 89.0 Å². The third kappa shape index (κ3) is 5.06. The van der Waals surface area contributed by atoms with Crippen LogP contribution in [0.25, 0.3) is 10.8 Å². The van der Waals surface area contributed by atoms with Crippen LogP contribution in [-0.4, -0.2) is 31.9 Å². The third-order valence-corrected chi connectivity index (χ3v) is 7.07. The van der Waals surface area contributed by atoms with Crippen LogP contribution in [0, 0.1) is 5.92 Å². The van der Waals surface area contributed by atoms with Gasteiger partial charge in [0.05, 0.1) is 16.4 Å². The summed E-state index contributed by atoms with van der Waals surface area (Å²) in [6, 6.07) is 21.2. The Hall–Kier alpha value is -3.65. The van der Waals surface area contributed by atoms with E-state index in [0.717, 1.165) is 16.3 Å². The van der Waals surface area contributed by atoms with Crippen molar-refractivity contribution < 1.29 is 23.1 Å². The number of rotatable bonds is 6. The Labute approximate surface area is 192 Å². The Bertz CT molecular complexity index is 1330. The molecular formula is C25H24N2O5S. The third-order valence-electron chi connectivity index (χ3n) is 5.68. The summed E-state index contributed by atoms with van der Waals surface area (Å²) in [7, 11) is -4.09. The van der Waals surface area contributed by atoms with Gasteiger partial charge < -0.3 is 10.4 Å². The summed E-state index contributed by atoms with van der Waals surface area (Å²) < 4.78 is 29.3. The van der Waals surface area contributed by atoms with E-state index in [1.807, 2.05) is 30.3 Å². The number of allylic oxidation sites excluding steroid dienone is 1. The van der Waals surface area contributed by atoms with Gasteiger partial charge in [0, 0.05) is 18.7 Å². The lowest BCUT2D eigenvalue weighted by atomic mass is 9.91. The lowest BCUT2D eigenvalue weighted by Gasteiger charge is -2.20. The Morgan fingerprint density at radius 3 is 2.42 bits per heavy atom. The number of amides is 1. The van der Waals surface area contributed by atoms with Crippen LogP contribution in [0.5, 0.6) is 0 Å². The maximum atomic E-state index is 13.4. The number of aliphatic carboxylic acids is 1. The Balaban J connectivity index is 1.82. The summed E-state index contributed by atoms with van der Waals surface area (Å²) in [5.41, 5.74) is 0.775. The van der Waals surface area contributed by atoms with Gasteiger partial charge in [-0.25, -0.2) is 8.42 Å². The lowest BCUT2D eigenvalue weighted by molar-refractivity contribution is -0.141. The largest absolute Gasteiger partial charge is 0.481 e. The molecule has 8 heteroatoms. The van der Waals surface area contributed by atoms with Gasteiger partial charge in [-0.15, -0.1) is 0 Å². The predicted molar refractivity (Wildman–Crippen MR) is 125 cm³/mol. The molecule has 1 atom stereocenters. The van der Waals surface area contributed by atoms with E-state index < -0.39 is 27.8 Å². The molecule has 1 aliphatic rings. The van der Waals surface area contributed by atoms with Crippen LogP contribution < -0.4 is 10.0 Å². The number of nitrogens with one attached hydrogen (secondary N) is 2. The highest BCUT2D eigenvalue weighted by Gasteiger charge is 2.33. The smallest absolute Gasteiger partial charge is 0.311 e. The first-order valence-electron chi connectivity index (χ1n) is 10.6. The van der Waals surface area contributed by atoms with Gasteiger partial charge in [-0.05, 0) is 41.3 Å². The molecule has 1 heterocycles. The highest BCUT2D eigenvalue weighted by molar-refractivity contribution is 7.89. The molecule has 0 radical (unpaired) electrons. The molecule has 7 nitrogen and oxygen atoms in total. The zero-order valence-electron chi connectivity index (χ0n) is 17.8. The maximum absolute atomic E-state index is 13.4. The number of hydrogen-bond acceptors (Lipinski definition) is 4. The van der Waals surface area contributed by atoms with E-state index in [1.165, 1.54) is 6.07 Å². The molecule has 33 heavy (non-hydrogen) atoms. The van der Waals surface area contributed by atoms with Gasteiger partial charge in [-0.3, -0.25) is 14.3 Å². The molecule has 0 aliphatic carbocycles. The van der Waals surface area contributed by atoms with E-state index in [0.29, 0.717) is 13.0 Å². The molecule has 0 aromatic heterocycles. The molecule has 3 aromatic carbocycles. The van der Waals surface area contributed by atoms with Crippen LogP contribution in [-0.2, 0) is 26.0 Å². The first kappa shape index (κ1) is 22.5. The number of carboxylic acids is 1. The Morgan fingerprint density at radius 2 is 1.70 bits per heavy atom. The maximum Gasteiger partial charge on any atom is 0.311 e. The van der Waals surface area contributed by atoms with Gasteiger partial charge in [0.2, 0.25) is 5.91 Å². The predicted octanol–water partition coefficient (Wildman–Crippen LogP) is 3.23. The fraction of sp³-hybridized carbons (Fsp3) is 0.200. The monoisotopic (exact) mass is 464 g/mol. The van der Waals surface area contributed by atoms with E-state index in [4.69, 9.17) is 0 Å². The van der Waals surface area contributed by atoms with Crippen LogP contribution in [0.4, 0.5) is 0 Å². The minimum atomic E-state index is -4.09. The highest BCUT2D eigenvalue weighted by atomic mass is 32.2. The fourth-order valence-corrected chi connectivity index (χ4v) is 5.20. The van der Waals surface area contributed by atoms with Crippen molar-refractivity contribution in [2.24, 2.45) is 5.92 Å². The van der Waals surface area contributed by atoms with Gasteiger partial charge in [0.15, 0.2) is 0 Å². The van der Waals surface area contributed by atoms with Gasteiger partial charge in [-0.1, -0.05) is 60.7 Å². The SMILES string of the molecule is O=C1NCCCC(C(=O)O)C1=C(Cc1ccccc1)NS(=O)(=O)c1ccc2ccccc2c1. The molecule has 1 unspecified atom stereocenters. The summed E-state index contributed by atoms with van der Waals surface area (Å²) in [4.78, 5) is 24.9. The number of fused-ring (bicyclic) bond motifs is 1. The van der Waals surface area contributed by atoms with Crippen molar-refractivity contribution in [1.82, 2.24) is 10.0 Å². The molecule has 3 aromatic rings. The molecule has 1 amide bonds. The normalized spacial score (nSPS) is 18.3. The highest BCUT2D eigenvalue weighted by Crippen LogP contribution is 2.27. The fourth-order valence-electron chi connectivity index (χ4n) is 4.04. The number of benzene rings is 3. The standard InChI is InChI=1S/C25H24N2O5S/c28-24-23(21(25(29)30)11-6-14-26-24)22(15-17-7-2-1-3-8-17)27-33(31,32)20-13-12-18-9-4-5-10-19(18)16-20/h1-5,7-10,12-13,16,21,27H,6,11,14-15H2,(H,26,28)(H,29,30). The molecular weight excluding hydrogens is 440 g/mol. The summed E-state index contributed by atoms with van der Waals surface area (Å²) in [5, 5.41) is 14.2. The van der Waals surface area contributed by atoms with Gasteiger partial charge in [0.1, 0.15) is 0 Å². The van der Waals surface area contributed by atoms with Gasteiger partial charge in [0.25, 0.3) is 10.0 Å². The van der Waals surface area contributed by atoms with Gasteiger partial charge >= 0.3 is 5.97 Å². The molecule has 170 valence electrons. The second kappa shape index (κ2) is 9.46. The van der Waals surface area contributed by atoms with Crippen LogP contribution in [0.3, 0.4) is 0 Å². The van der Waals surface area contributed by atoms with Crippen molar-refractivity contribution in [2.75, 3.05) is 6.54 Å². The van der Waals surface area contributed by atoms with Crippen molar-refractivity contribution in [1.29, 1.82) is 0 Å². The molecule has 0 saturated carbocycles. The molecule has 1 fully saturated rings. The second-order valence-corrected chi connectivity index (χ2v) is 9.64. The number of carbonyl (C=O) groups is 2. The first-order valence-corrected chi connectivity index (χ1v) is 12.1. The van der Waals surface area contributed by atoms with Crippen LogP contribution in [0.1, 0.15) is 18.4 Å². The number of carboxylic acid groups (broad SMARTS) is 1. The molecule has 1 saturated heterocycles. The van der Waals surface area contributed by atoms with Crippen molar-refractivity contribution >= 4 is 32.7 Å². The Morgan fingerprint density at radius 1 is 1.00 bits per heavy atom. The number of hydrogen-bond donors (Lipinski definition) is 3. The first-order chi connectivity index (χ1) is 15.8. The quantitative estimate of drug-likeness (QED) is 0.485. The van der Waals surface area contributed by atoms with Crippen LogP contribution >= 0.6 is 0 Å². The second-order valence-electron chi connectivity index (χ2n) is 7.96. The van der Waals surface area contributed by atoms with Crippen molar-refractivity contribution in [3.8, 4) is 0 Å². The van der Waals surface area contributed by atoms with E-state index in [-0.39, 0.29) is 29.0 Å². The minimum absolute atomic E-state index is 0.0354. The van der Waals surface area contributed by atoms with E-state index in [9.17, 15) is 23.1 Å². The topological polar surface area (TPSA) is 113 Å². The molecule has 4 rings (SSSR count). The molecule has 0 spiro atoms. The molecule has 0 bridgehead atoms. The van der Waals surface area contributed by atoms with Gasteiger partial charge in [-0.2, -0.15) is 0 Å². The number of carbonyl (C=O) groups excluding carboxylic acids is 1. The zero-order chi connectivity index (χ0) is 23.4. The summed E-state index contributed by atoms with van der Waals surface area (Å²) in [6.07, 6.45) is 0.793. The molecule has 1 aliphatic heterocycles. The molecule has 3 N–H and O–H groups in total. The number of sulfonamides is 1. The summed E-state index contributed by atoms with van der Waals surface area (Å²) in [5.74, 6) is -2.82.